The molecule has 1 aromatic carbocycles. The van der Waals surface area contributed by atoms with Crippen molar-refractivity contribution in [2.75, 3.05) is 0 Å². The van der Waals surface area contributed by atoms with Gasteiger partial charge in [-0.15, -0.1) is 11.3 Å². The Morgan fingerprint density at radius 3 is 2.45 bits per heavy atom. The maximum atomic E-state index is 12.8. The molecule has 0 atom stereocenters. The number of halogens is 3. The highest BCUT2D eigenvalue weighted by Gasteiger charge is 2.30. The highest BCUT2D eigenvalue weighted by molar-refractivity contribution is 7.13. The molecule has 29 heavy (non-hydrogen) atoms. The molecule has 0 bridgehead atoms. The van der Waals surface area contributed by atoms with Crippen molar-refractivity contribution in [2.45, 2.75) is 39.9 Å². The van der Waals surface area contributed by atoms with Gasteiger partial charge >= 0.3 is 6.18 Å². The van der Waals surface area contributed by atoms with Gasteiger partial charge in [-0.3, -0.25) is 4.79 Å². The number of alkyl halides is 3. The number of rotatable bonds is 6. The average molecular weight is 421 g/mol. The number of nitrogens with two attached hydrogens (primary N) is 1. The molecule has 0 aliphatic rings. The molecule has 8 heteroatoms. The van der Waals surface area contributed by atoms with Crippen LogP contribution in [0.15, 0.2) is 35.7 Å². The van der Waals surface area contributed by atoms with E-state index in [1.54, 1.807) is 6.07 Å². The van der Waals surface area contributed by atoms with Crippen molar-refractivity contribution in [3.05, 3.63) is 52.5 Å². The minimum Gasteiger partial charge on any atom is -0.366 e. The van der Waals surface area contributed by atoms with E-state index in [0.717, 1.165) is 36.5 Å². The van der Waals surface area contributed by atoms with E-state index in [1.165, 1.54) is 23.5 Å². The van der Waals surface area contributed by atoms with Gasteiger partial charge in [0, 0.05) is 23.2 Å². The number of primary amides is 1. The zero-order valence-electron chi connectivity index (χ0n) is 16.4. The Hall–Kier alpha value is -2.61. The lowest BCUT2D eigenvalue weighted by Crippen LogP contribution is -2.13. The SMILES string of the molecule is Cc1c(C(N)=O)cc(-c2csc(-c3ccc(C(F)(F)F)cc3)n2)n1CCC(C)C. The molecule has 2 N–H and O–H groups in total. The number of carbonyl (C=O) groups is 1. The first kappa shape index (κ1) is 21.1. The predicted molar refractivity (Wildman–Crippen MR) is 109 cm³/mol. The molecule has 3 rings (SSSR count). The predicted octanol–water partition coefficient (Wildman–Crippen LogP) is 5.75. The monoisotopic (exact) mass is 421 g/mol. The summed E-state index contributed by atoms with van der Waals surface area (Å²) in [6.07, 6.45) is -3.44. The topological polar surface area (TPSA) is 60.9 Å². The molecule has 154 valence electrons. The van der Waals surface area contributed by atoms with E-state index in [0.29, 0.717) is 27.7 Å². The first-order valence-electron chi connectivity index (χ1n) is 9.21. The van der Waals surface area contributed by atoms with Crippen LogP contribution in [-0.2, 0) is 12.7 Å². The van der Waals surface area contributed by atoms with Gasteiger partial charge in [-0.2, -0.15) is 13.2 Å². The van der Waals surface area contributed by atoms with Crippen LogP contribution in [0.25, 0.3) is 22.0 Å². The fourth-order valence-corrected chi connectivity index (χ4v) is 3.93. The van der Waals surface area contributed by atoms with Gasteiger partial charge in [-0.05, 0) is 37.5 Å². The molecule has 4 nitrogen and oxygen atoms in total. The fourth-order valence-electron chi connectivity index (χ4n) is 3.11. The van der Waals surface area contributed by atoms with Gasteiger partial charge in [0.25, 0.3) is 5.91 Å². The number of benzene rings is 1. The second kappa shape index (κ2) is 8.02. The maximum Gasteiger partial charge on any atom is 0.416 e. The Morgan fingerprint density at radius 2 is 1.90 bits per heavy atom. The number of thiazole rings is 1. The number of amides is 1. The number of hydrogen-bond acceptors (Lipinski definition) is 3. The molecule has 0 radical (unpaired) electrons. The molecule has 0 saturated heterocycles. The summed E-state index contributed by atoms with van der Waals surface area (Å²) in [5.41, 5.74) is 8.13. The van der Waals surface area contributed by atoms with Crippen LogP contribution >= 0.6 is 11.3 Å². The van der Waals surface area contributed by atoms with Gasteiger partial charge in [-0.25, -0.2) is 4.98 Å². The van der Waals surface area contributed by atoms with E-state index < -0.39 is 17.6 Å². The van der Waals surface area contributed by atoms with Crippen LogP contribution in [0, 0.1) is 12.8 Å². The summed E-state index contributed by atoms with van der Waals surface area (Å²) in [5.74, 6) is -0.00920. The molecular weight excluding hydrogens is 399 g/mol. The van der Waals surface area contributed by atoms with Crippen molar-refractivity contribution in [3.8, 4) is 22.0 Å². The van der Waals surface area contributed by atoms with Crippen molar-refractivity contribution in [1.29, 1.82) is 0 Å². The Kier molecular flexibility index (Phi) is 5.84. The highest BCUT2D eigenvalue weighted by atomic mass is 32.1. The van der Waals surface area contributed by atoms with Crippen LogP contribution < -0.4 is 5.73 Å². The molecule has 0 aliphatic heterocycles. The van der Waals surface area contributed by atoms with Crippen LogP contribution in [0.5, 0.6) is 0 Å². The third-order valence-electron chi connectivity index (χ3n) is 4.79. The van der Waals surface area contributed by atoms with Crippen LogP contribution in [-0.4, -0.2) is 15.5 Å². The van der Waals surface area contributed by atoms with Crippen LogP contribution in [0.1, 0.15) is 41.9 Å². The van der Waals surface area contributed by atoms with Crippen molar-refractivity contribution in [1.82, 2.24) is 9.55 Å². The summed E-state index contributed by atoms with van der Waals surface area (Å²) in [5, 5.41) is 2.46. The lowest BCUT2D eigenvalue weighted by molar-refractivity contribution is -0.137. The molecule has 2 heterocycles. The Labute approximate surface area is 171 Å². The minimum absolute atomic E-state index is 0.452. The number of aromatic nitrogens is 2. The number of nitrogens with zero attached hydrogens (tertiary/aromatic N) is 2. The van der Waals surface area contributed by atoms with E-state index in [1.807, 2.05) is 16.9 Å². The molecule has 2 aromatic heterocycles. The summed E-state index contributed by atoms with van der Waals surface area (Å²) >= 11 is 1.35. The standard InChI is InChI=1S/C21H22F3N3OS/c1-12(2)8-9-27-13(3)16(19(25)28)10-18(27)17-11-29-20(26-17)14-4-6-15(7-5-14)21(22,23)24/h4-7,10-12H,8-9H2,1-3H3,(H2,25,28). The van der Waals surface area contributed by atoms with Crippen LogP contribution in [0.3, 0.4) is 0 Å². The summed E-state index contributed by atoms with van der Waals surface area (Å²) in [4.78, 5) is 16.4. The lowest BCUT2D eigenvalue weighted by atomic mass is 10.1. The van der Waals surface area contributed by atoms with E-state index in [2.05, 4.69) is 18.8 Å². The van der Waals surface area contributed by atoms with Crippen LogP contribution in [0.4, 0.5) is 13.2 Å². The van der Waals surface area contributed by atoms with Gasteiger partial charge in [0.05, 0.1) is 22.5 Å². The normalized spacial score (nSPS) is 12.0. The Morgan fingerprint density at radius 1 is 1.24 bits per heavy atom. The second-order valence-electron chi connectivity index (χ2n) is 7.34. The summed E-state index contributed by atoms with van der Waals surface area (Å²) in [6.45, 7) is 6.82. The smallest absolute Gasteiger partial charge is 0.366 e. The van der Waals surface area contributed by atoms with Gasteiger partial charge < -0.3 is 10.3 Å². The van der Waals surface area contributed by atoms with Crippen molar-refractivity contribution >= 4 is 17.2 Å². The van der Waals surface area contributed by atoms with Gasteiger partial charge in [0.2, 0.25) is 0 Å². The number of hydrogen-bond donors (Lipinski definition) is 1. The average Bonchev–Trinajstić information content (AvgIpc) is 3.24. The Bertz CT molecular complexity index is 1020. The maximum absolute atomic E-state index is 12.8. The molecule has 3 aromatic rings. The van der Waals surface area contributed by atoms with Crippen LogP contribution in [0.2, 0.25) is 0 Å². The van der Waals surface area contributed by atoms with E-state index >= 15 is 0 Å². The van der Waals surface area contributed by atoms with E-state index in [4.69, 9.17) is 5.73 Å². The molecule has 0 saturated carbocycles. The first-order valence-corrected chi connectivity index (χ1v) is 10.1. The van der Waals surface area contributed by atoms with E-state index in [9.17, 15) is 18.0 Å². The van der Waals surface area contributed by atoms with Crippen molar-refractivity contribution < 1.29 is 18.0 Å². The second-order valence-corrected chi connectivity index (χ2v) is 8.20. The third-order valence-corrected chi connectivity index (χ3v) is 5.68. The first-order chi connectivity index (χ1) is 13.6. The van der Waals surface area contributed by atoms with Gasteiger partial charge in [0.15, 0.2) is 0 Å². The third kappa shape index (κ3) is 4.53. The summed E-state index contributed by atoms with van der Waals surface area (Å²) in [7, 11) is 0. The molecule has 0 unspecified atom stereocenters. The van der Waals surface area contributed by atoms with Gasteiger partial charge in [-0.1, -0.05) is 26.0 Å². The van der Waals surface area contributed by atoms with Crippen molar-refractivity contribution in [3.63, 3.8) is 0 Å². The summed E-state index contributed by atoms with van der Waals surface area (Å²) in [6, 6.07) is 6.68. The Balaban J connectivity index is 1.97. The molecule has 0 fully saturated rings. The molecule has 0 spiro atoms. The zero-order chi connectivity index (χ0) is 21.3. The fraction of sp³-hybridized carbons (Fsp3) is 0.333. The minimum atomic E-state index is -4.37. The highest BCUT2D eigenvalue weighted by Crippen LogP contribution is 2.34. The quantitative estimate of drug-likeness (QED) is 0.551. The molecule has 1 amide bonds. The number of carbonyl (C=O) groups excluding carboxylic acids is 1. The van der Waals surface area contributed by atoms with E-state index in [-0.39, 0.29) is 0 Å². The molecule has 0 aliphatic carbocycles. The van der Waals surface area contributed by atoms with Gasteiger partial charge in [0.1, 0.15) is 5.01 Å². The zero-order valence-corrected chi connectivity index (χ0v) is 17.2. The largest absolute Gasteiger partial charge is 0.416 e. The molecular formula is C21H22F3N3OS. The lowest BCUT2D eigenvalue weighted by Gasteiger charge is -2.12. The van der Waals surface area contributed by atoms with Crippen molar-refractivity contribution in [2.24, 2.45) is 11.7 Å². The summed E-state index contributed by atoms with van der Waals surface area (Å²) < 4.78 is 40.4.